The van der Waals surface area contributed by atoms with E-state index < -0.39 is 37.1 Å². The number of rotatable bonds is 5. The largest absolute Gasteiger partial charge is 0.394 e. The maximum absolute atomic E-state index is 10.4. The van der Waals surface area contributed by atoms with Crippen LogP contribution >= 0.6 is 22.9 Å². The second kappa shape index (κ2) is 9.34. The van der Waals surface area contributed by atoms with Gasteiger partial charge >= 0.3 is 0 Å². The summed E-state index contributed by atoms with van der Waals surface area (Å²) < 4.78 is 5.67. The number of aliphatic hydroxyl groups is 4. The molecule has 4 rings (SSSR count). The van der Waals surface area contributed by atoms with Crippen LogP contribution in [-0.2, 0) is 11.2 Å². The number of nitrogens with zero attached hydrogens (tertiary/aromatic N) is 1. The van der Waals surface area contributed by atoms with Gasteiger partial charge in [-0.15, -0.1) is 11.3 Å². The highest BCUT2D eigenvalue weighted by Crippen LogP contribution is 2.34. The van der Waals surface area contributed by atoms with Crippen molar-refractivity contribution in [2.45, 2.75) is 43.9 Å². The van der Waals surface area contributed by atoms with Crippen LogP contribution in [-0.4, -0.2) is 56.4 Å². The summed E-state index contributed by atoms with van der Waals surface area (Å²) in [5, 5.41) is 43.6. The number of ether oxygens (including phenoxy) is 1. The molecule has 1 saturated heterocycles. The summed E-state index contributed by atoms with van der Waals surface area (Å²) in [6.07, 6.45) is -5.40. The average Bonchev–Trinajstić information content (AvgIpc) is 3.21. The van der Waals surface area contributed by atoms with Gasteiger partial charge in [0.2, 0.25) is 0 Å². The third kappa shape index (κ3) is 4.68. The number of benzene rings is 2. The van der Waals surface area contributed by atoms with Gasteiger partial charge in [0.05, 0.1) is 17.3 Å². The van der Waals surface area contributed by atoms with E-state index in [1.54, 1.807) is 23.5 Å². The van der Waals surface area contributed by atoms with Gasteiger partial charge in [-0.05, 0) is 36.1 Å². The minimum Gasteiger partial charge on any atom is -0.394 e. The molecule has 0 bridgehead atoms. The smallest absolute Gasteiger partial charge is 0.113 e. The first kappa shape index (κ1) is 22.4. The standard InChI is InChI=1S/C23H24ClNO5S/c1-12-25-18(11-31-12)14-4-2-13(3-5-14)8-16-9-15(6-7-17(16)24)23-22(29)21(28)20(27)19(10-26)30-23/h2-7,9,11,19-23,26-29H,8,10H2,1H3/t19-,20-,21+,22-,23+/m1/s1. The molecule has 4 N–H and O–H groups in total. The Morgan fingerprint density at radius 1 is 1.03 bits per heavy atom. The molecule has 0 aliphatic carbocycles. The Labute approximate surface area is 189 Å². The molecule has 0 saturated carbocycles. The minimum atomic E-state index is -1.42. The van der Waals surface area contributed by atoms with E-state index in [0.29, 0.717) is 17.0 Å². The summed E-state index contributed by atoms with van der Waals surface area (Å²) >= 11 is 8.03. The second-order valence-corrected chi connectivity index (χ2v) is 9.20. The highest BCUT2D eigenvalue weighted by molar-refractivity contribution is 7.09. The van der Waals surface area contributed by atoms with E-state index in [0.717, 1.165) is 27.4 Å². The van der Waals surface area contributed by atoms with Crippen molar-refractivity contribution in [2.75, 3.05) is 6.61 Å². The van der Waals surface area contributed by atoms with Gasteiger partial charge in [0.1, 0.15) is 30.5 Å². The van der Waals surface area contributed by atoms with Crippen LogP contribution in [0.1, 0.15) is 27.8 Å². The molecule has 0 amide bonds. The Morgan fingerprint density at radius 3 is 2.42 bits per heavy atom. The predicted molar refractivity (Wildman–Crippen MR) is 119 cm³/mol. The van der Waals surface area contributed by atoms with E-state index in [9.17, 15) is 20.4 Å². The van der Waals surface area contributed by atoms with E-state index in [4.69, 9.17) is 16.3 Å². The summed E-state index contributed by atoms with van der Waals surface area (Å²) in [7, 11) is 0. The van der Waals surface area contributed by atoms with Gasteiger partial charge in [-0.25, -0.2) is 4.98 Å². The molecular weight excluding hydrogens is 438 g/mol. The van der Waals surface area contributed by atoms with Crippen LogP contribution in [0.3, 0.4) is 0 Å². The van der Waals surface area contributed by atoms with Crippen molar-refractivity contribution in [3.8, 4) is 11.3 Å². The molecule has 0 unspecified atom stereocenters. The molecule has 1 aliphatic rings. The predicted octanol–water partition coefficient (Wildman–Crippen LogP) is 2.88. The molecule has 2 heterocycles. The minimum absolute atomic E-state index is 0.466. The van der Waals surface area contributed by atoms with Crippen molar-refractivity contribution in [1.82, 2.24) is 4.98 Å². The van der Waals surface area contributed by atoms with E-state index in [1.807, 2.05) is 42.6 Å². The molecule has 5 atom stereocenters. The quantitative estimate of drug-likeness (QED) is 0.466. The third-order valence-corrected chi connectivity index (χ3v) is 6.70. The Kier molecular flexibility index (Phi) is 6.74. The fourth-order valence-electron chi connectivity index (χ4n) is 3.79. The third-order valence-electron chi connectivity index (χ3n) is 5.55. The first-order valence-electron chi connectivity index (χ1n) is 9.97. The number of aliphatic hydroxyl groups excluding tert-OH is 4. The number of hydrogen-bond acceptors (Lipinski definition) is 7. The fraction of sp³-hybridized carbons (Fsp3) is 0.348. The molecule has 0 radical (unpaired) electrons. The molecule has 1 aliphatic heterocycles. The summed E-state index contributed by atoms with van der Waals surface area (Å²) in [5.41, 5.74) is 4.52. The van der Waals surface area contributed by atoms with Crippen molar-refractivity contribution < 1.29 is 25.2 Å². The van der Waals surface area contributed by atoms with Gasteiger partial charge in [-0.2, -0.15) is 0 Å². The van der Waals surface area contributed by atoms with Crippen molar-refractivity contribution in [3.63, 3.8) is 0 Å². The maximum atomic E-state index is 10.4. The van der Waals surface area contributed by atoms with Crippen molar-refractivity contribution in [3.05, 3.63) is 74.6 Å². The molecule has 0 spiro atoms. The summed E-state index contributed by atoms with van der Waals surface area (Å²) in [5.74, 6) is 0. The number of hydrogen-bond donors (Lipinski definition) is 4. The highest BCUT2D eigenvalue weighted by atomic mass is 35.5. The number of thiazole rings is 1. The van der Waals surface area contributed by atoms with Crippen LogP contribution in [0.2, 0.25) is 5.02 Å². The lowest BCUT2D eigenvalue weighted by molar-refractivity contribution is -0.231. The summed E-state index contributed by atoms with van der Waals surface area (Å²) in [6, 6.07) is 13.4. The Morgan fingerprint density at radius 2 is 1.77 bits per heavy atom. The highest BCUT2D eigenvalue weighted by Gasteiger charge is 2.44. The van der Waals surface area contributed by atoms with Crippen LogP contribution in [0.5, 0.6) is 0 Å². The van der Waals surface area contributed by atoms with Gasteiger partial charge in [-0.3, -0.25) is 0 Å². The van der Waals surface area contributed by atoms with Gasteiger partial charge in [-0.1, -0.05) is 48.0 Å². The van der Waals surface area contributed by atoms with Crippen molar-refractivity contribution in [1.29, 1.82) is 0 Å². The lowest BCUT2D eigenvalue weighted by atomic mass is 9.90. The van der Waals surface area contributed by atoms with Gasteiger partial charge < -0.3 is 25.2 Å². The topological polar surface area (TPSA) is 103 Å². The van der Waals surface area contributed by atoms with E-state index in [-0.39, 0.29) is 0 Å². The summed E-state index contributed by atoms with van der Waals surface area (Å²) in [4.78, 5) is 4.51. The molecule has 164 valence electrons. The lowest BCUT2D eigenvalue weighted by Gasteiger charge is -2.40. The van der Waals surface area contributed by atoms with E-state index in [1.165, 1.54) is 0 Å². The lowest BCUT2D eigenvalue weighted by Crippen LogP contribution is -2.55. The van der Waals surface area contributed by atoms with Crippen LogP contribution in [0, 0.1) is 6.92 Å². The van der Waals surface area contributed by atoms with Crippen molar-refractivity contribution in [2.24, 2.45) is 0 Å². The van der Waals surface area contributed by atoms with Crippen LogP contribution in [0.25, 0.3) is 11.3 Å². The molecule has 1 fully saturated rings. The van der Waals surface area contributed by atoms with Crippen LogP contribution < -0.4 is 0 Å². The van der Waals surface area contributed by atoms with Crippen LogP contribution in [0.4, 0.5) is 0 Å². The summed E-state index contributed by atoms with van der Waals surface area (Å²) in [6.45, 7) is 1.51. The zero-order valence-corrected chi connectivity index (χ0v) is 18.4. The Bertz CT molecular complexity index is 1040. The molecule has 1 aromatic heterocycles. The molecular formula is C23H24ClNO5S. The van der Waals surface area contributed by atoms with Gasteiger partial charge in [0, 0.05) is 16.0 Å². The van der Waals surface area contributed by atoms with Crippen molar-refractivity contribution >= 4 is 22.9 Å². The average molecular weight is 462 g/mol. The van der Waals surface area contributed by atoms with Crippen LogP contribution in [0.15, 0.2) is 47.8 Å². The Balaban J connectivity index is 1.55. The maximum Gasteiger partial charge on any atom is 0.113 e. The molecule has 3 aromatic rings. The zero-order chi connectivity index (χ0) is 22.1. The fourth-order valence-corrected chi connectivity index (χ4v) is 4.60. The zero-order valence-electron chi connectivity index (χ0n) is 16.9. The monoisotopic (exact) mass is 461 g/mol. The Hall–Kier alpha value is -1.84. The molecule has 8 heteroatoms. The van der Waals surface area contributed by atoms with Gasteiger partial charge in [0.15, 0.2) is 0 Å². The SMILES string of the molecule is Cc1nc(-c2ccc(Cc3cc([C@@H]4O[C@H](CO)[C@@H](O)[C@H](O)[C@H]4O)ccc3Cl)cc2)cs1. The van der Waals surface area contributed by atoms with E-state index >= 15 is 0 Å². The number of aryl methyl sites for hydroxylation is 1. The first-order valence-corrected chi connectivity index (χ1v) is 11.2. The normalized spacial score (nSPS) is 26.2. The molecule has 6 nitrogen and oxygen atoms in total. The van der Waals surface area contributed by atoms with E-state index in [2.05, 4.69) is 4.98 Å². The first-order chi connectivity index (χ1) is 14.9. The molecule has 31 heavy (non-hydrogen) atoms. The number of aromatic nitrogens is 1. The molecule has 2 aromatic carbocycles. The number of halogens is 1. The second-order valence-electron chi connectivity index (χ2n) is 7.73. The van der Waals surface area contributed by atoms with Gasteiger partial charge in [0.25, 0.3) is 0 Å².